The molecule has 4 heteroatoms. The van der Waals surface area contributed by atoms with Crippen LogP contribution in [0, 0.1) is 19.7 Å². The molecule has 0 aliphatic carbocycles. The first-order valence-electron chi connectivity index (χ1n) is 5.65. The Morgan fingerprint density at radius 3 is 2.67 bits per heavy atom. The maximum Gasteiger partial charge on any atom is 0.129 e. The number of aliphatic hydroxyl groups excluding tert-OH is 1. The van der Waals surface area contributed by atoms with Gasteiger partial charge in [-0.25, -0.2) is 9.37 Å². The monoisotopic (exact) mass is 246 g/mol. The molecule has 0 amide bonds. The Morgan fingerprint density at radius 1 is 1.22 bits per heavy atom. The summed E-state index contributed by atoms with van der Waals surface area (Å²) < 4.78 is 13.2. The lowest BCUT2D eigenvalue weighted by atomic mass is 9.97. The van der Waals surface area contributed by atoms with E-state index in [-0.39, 0.29) is 11.6 Å². The van der Waals surface area contributed by atoms with Crippen LogP contribution in [-0.4, -0.2) is 10.1 Å². The van der Waals surface area contributed by atoms with E-state index in [2.05, 4.69) is 4.98 Å². The van der Waals surface area contributed by atoms with E-state index in [0.29, 0.717) is 11.1 Å². The SMILES string of the molecule is Cc1cnc(N)c(C(O)c2cc(F)ccc2C)c1. The average molecular weight is 246 g/mol. The van der Waals surface area contributed by atoms with Gasteiger partial charge in [-0.3, -0.25) is 0 Å². The lowest BCUT2D eigenvalue weighted by Gasteiger charge is -2.16. The molecule has 0 fully saturated rings. The highest BCUT2D eigenvalue weighted by Gasteiger charge is 2.17. The van der Waals surface area contributed by atoms with Crippen LogP contribution in [0.1, 0.15) is 28.4 Å². The summed E-state index contributed by atoms with van der Waals surface area (Å²) in [6.45, 7) is 3.68. The molecule has 0 bridgehead atoms. The Balaban J connectivity index is 2.50. The van der Waals surface area contributed by atoms with Gasteiger partial charge >= 0.3 is 0 Å². The van der Waals surface area contributed by atoms with Gasteiger partial charge in [0.15, 0.2) is 0 Å². The maximum absolute atomic E-state index is 13.2. The van der Waals surface area contributed by atoms with Gasteiger partial charge in [0.1, 0.15) is 17.7 Å². The van der Waals surface area contributed by atoms with Gasteiger partial charge in [0, 0.05) is 11.8 Å². The van der Waals surface area contributed by atoms with Crippen molar-refractivity contribution in [3.05, 3.63) is 58.5 Å². The number of nitrogens with zero attached hydrogens (tertiary/aromatic N) is 1. The summed E-state index contributed by atoms with van der Waals surface area (Å²) in [6.07, 6.45) is 0.664. The van der Waals surface area contributed by atoms with Gasteiger partial charge in [0.05, 0.1) is 0 Å². The molecule has 18 heavy (non-hydrogen) atoms. The topological polar surface area (TPSA) is 59.1 Å². The molecular weight excluding hydrogens is 231 g/mol. The number of rotatable bonds is 2. The quantitative estimate of drug-likeness (QED) is 0.856. The van der Waals surface area contributed by atoms with Crippen molar-refractivity contribution >= 4 is 5.82 Å². The summed E-state index contributed by atoms with van der Waals surface area (Å²) in [5.74, 6) is -0.120. The van der Waals surface area contributed by atoms with Crippen LogP contribution in [0.4, 0.5) is 10.2 Å². The first kappa shape index (κ1) is 12.5. The molecule has 2 aromatic rings. The fourth-order valence-corrected chi connectivity index (χ4v) is 1.89. The fraction of sp³-hybridized carbons (Fsp3) is 0.214. The molecule has 1 atom stereocenters. The number of hydrogen-bond donors (Lipinski definition) is 2. The van der Waals surface area contributed by atoms with Crippen molar-refractivity contribution in [1.29, 1.82) is 0 Å². The van der Waals surface area contributed by atoms with Crippen LogP contribution >= 0.6 is 0 Å². The van der Waals surface area contributed by atoms with Crippen molar-refractivity contribution in [2.75, 3.05) is 5.73 Å². The van der Waals surface area contributed by atoms with Crippen molar-refractivity contribution in [1.82, 2.24) is 4.98 Å². The molecule has 3 N–H and O–H groups in total. The third kappa shape index (κ3) is 2.33. The molecule has 0 aliphatic rings. The largest absolute Gasteiger partial charge is 0.384 e. The lowest BCUT2D eigenvalue weighted by molar-refractivity contribution is 0.219. The first-order chi connectivity index (χ1) is 8.49. The van der Waals surface area contributed by atoms with E-state index in [9.17, 15) is 9.50 Å². The number of aryl methyl sites for hydroxylation is 2. The van der Waals surface area contributed by atoms with Gasteiger partial charge in [-0.2, -0.15) is 0 Å². The summed E-state index contributed by atoms with van der Waals surface area (Å²) >= 11 is 0. The number of halogens is 1. The Bertz CT molecular complexity index is 533. The van der Waals surface area contributed by atoms with Gasteiger partial charge in [-0.15, -0.1) is 0 Å². The molecule has 0 radical (unpaired) electrons. The minimum atomic E-state index is -0.965. The van der Waals surface area contributed by atoms with Crippen molar-refractivity contribution in [2.45, 2.75) is 20.0 Å². The lowest BCUT2D eigenvalue weighted by Crippen LogP contribution is -2.07. The number of pyridine rings is 1. The van der Waals surface area contributed by atoms with E-state index < -0.39 is 6.10 Å². The highest BCUT2D eigenvalue weighted by atomic mass is 19.1. The second-order valence-electron chi connectivity index (χ2n) is 4.39. The Morgan fingerprint density at radius 2 is 1.94 bits per heavy atom. The molecule has 1 unspecified atom stereocenters. The molecule has 3 nitrogen and oxygen atoms in total. The summed E-state index contributed by atoms with van der Waals surface area (Å²) in [7, 11) is 0. The minimum Gasteiger partial charge on any atom is -0.384 e. The number of aliphatic hydroxyl groups is 1. The summed E-state index contributed by atoms with van der Waals surface area (Å²) in [6, 6.07) is 6.08. The highest BCUT2D eigenvalue weighted by molar-refractivity contribution is 5.47. The summed E-state index contributed by atoms with van der Waals surface area (Å²) in [4.78, 5) is 4.00. The van der Waals surface area contributed by atoms with Crippen LogP contribution in [0.5, 0.6) is 0 Å². The highest BCUT2D eigenvalue weighted by Crippen LogP contribution is 2.28. The van der Waals surface area contributed by atoms with E-state index in [1.54, 1.807) is 18.3 Å². The van der Waals surface area contributed by atoms with E-state index >= 15 is 0 Å². The van der Waals surface area contributed by atoms with Crippen molar-refractivity contribution in [2.24, 2.45) is 0 Å². The number of hydrogen-bond acceptors (Lipinski definition) is 3. The maximum atomic E-state index is 13.2. The van der Waals surface area contributed by atoms with Crippen LogP contribution in [0.2, 0.25) is 0 Å². The molecule has 0 aliphatic heterocycles. The summed E-state index contributed by atoms with van der Waals surface area (Å²) in [5, 5.41) is 10.3. The number of nitrogens with two attached hydrogens (primary N) is 1. The van der Waals surface area contributed by atoms with E-state index in [0.717, 1.165) is 11.1 Å². The van der Waals surface area contributed by atoms with Crippen molar-refractivity contribution in [3.63, 3.8) is 0 Å². The molecule has 0 saturated carbocycles. The van der Waals surface area contributed by atoms with Crippen LogP contribution in [0.25, 0.3) is 0 Å². The second kappa shape index (κ2) is 4.74. The van der Waals surface area contributed by atoms with Gasteiger partial charge in [-0.1, -0.05) is 6.07 Å². The van der Waals surface area contributed by atoms with Gasteiger partial charge < -0.3 is 10.8 Å². The standard InChI is InChI=1S/C14H15FN2O/c1-8-5-12(14(16)17-7-8)13(18)11-6-10(15)4-3-9(11)2/h3-7,13,18H,1-2H3,(H2,16,17). The van der Waals surface area contributed by atoms with Crippen LogP contribution in [-0.2, 0) is 0 Å². The predicted octanol–water partition coefficient (Wildman–Crippen LogP) is 2.50. The molecule has 94 valence electrons. The third-order valence-electron chi connectivity index (χ3n) is 2.92. The molecule has 0 spiro atoms. The smallest absolute Gasteiger partial charge is 0.129 e. The zero-order chi connectivity index (χ0) is 13.3. The molecular formula is C14H15FN2O. The number of nitrogen functional groups attached to an aromatic ring is 1. The van der Waals surface area contributed by atoms with E-state index in [1.165, 1.54) is 12.1 Å². The minimum absolute atomic E-state index is 0.261. The molecule has 1 aromatic heterocycles. The molecule has 2 rings (SSSR count). The predicted molar refractivity (Wildman–Crippen MR) is 68.6 cm³/mol. The van der Waals surface area contributed by atoms with Gasteiger partial charge in [0.2, 0.25) is 0 Å². The number of benzene rings is 1. The van der Waals surface area contributed by atoms with Crippen molar-refractivity contribution in [3.8, 4) is 0 Å². The second-order valence-corrected chi connectivity index (χ2v) is 4.39. The third-order valence-corrected chi connectivity index (χ3v) is 2.92. The van der Waals surface area contributed by atoms with Crippen LogP contribution < -0.4 is 5.73 Å². The van der Waals surface area contributed by atoms with Crippen molar-refractivity contribution < 1.29 is 9.50 Å². The normalized spacial score (nSPS) is 12.4. The zero-order valence-electron chi connectivity index (χ0n) is 10.3. The number of aromatic nitrogens is 1. The Hall–Kier alpha value is -1.94. The summed E-state index contributed by atoms with van der Waals surface area (Å²) in [5.41, 5.74) is 8.47. The average Bonchev–Trinajstić information content (AvgIpc) is 2.34. The van der Waals surface area contributed by atoms with E-state index in [4.69, 9.17) is 5.73 Å². The van der Waals surface area contributed by atoms with Crippen LogP contribution in [0.15, 0.2) is 30.5 Å². The molecule has 1 aromatic carbocycles. The Labute approximate surface area is 105 Å². The van der Waals surface area contributed by atoms with E-state index in [1.807, 2.05) is 13.8 Å². The van der Waals surface area contributed by atoms with Crippen LogP contribution in [0.3, 0.4) is 0 Å². The molecule has 0 saturated heterocycles. The zero-order valence-corrected chi connectivity index (χ0v) is 10.3. The number of anilines is 1. The molecule has 1 heterocycles. The fourth-order valence-electron chi connectivity index (χ4n) is 1.89. The Kier molecular flexibility index (Phi) is 3.30. The van der Waals surface area contributed by atoms with Gasteiger partial charge in [0.25, 0.3) is 0 Å². The first-order valence-corrected chi connectivity index (χ1v) is 5.65. The van der Waals surface area contributed by atoms with Gasteiger partial charge in [-0.05, 0) is 48.7 Å².